The Balaban J connectivity index is 1.87. The second-order valence-corrected chi connectivity index (χ2v) is 6.27. The Kier molecular flexibility index (Phi) is 6.48. The normalized spacial score (nSPS) is 13.8. The van der Waals surface area contributed by atoms with Crippen LogP contribution in [-0.4, -0.2) is 65.9 Å². The molecule has 1 aliphatic rings. The fourth-order valence-electron chi connectivity index (χ4n) is 2.26. The maximum absolute atomic E-state index is 12.3. The van der Waals surface area contributed by atoms with E-state index in [1.54, 1.807) is 38.3 Å². The molecule has 1 heterocycles. The molecule has 1 aromatic carbocycles. The van der Waals surface area contributed by atoms with Crippen molar-refractivity contribution in [2.75, 3.05) is 44.4 Å². The Hall–Kier alpha value is -2.22. The average Bonchev–Trinajstić information content (AvgIpc) is 2.98. The van der Waals surface area contributed by atoms with Gasteiger partial charge in [-0.2, -0.15) is 0 Å². The SMILES string of the molecule is CCN(CC(=O)Nc1ccc(OC)cc1)C(=O)CN1CCSC1=O. The summed E-state index contributed by atoms with van der Waals surface area (Å²) in [5.74, 6) is 0.901. The second kappa shape index (κ2) is 8.58. The first-order valence-corrected chi connectivity index (χ1v) is 8.65. The molecule has 2 rings (SSSR count). The third kappa shape index (κ3) is 4.89. The van der Waals surface area contributed by atoms with Crippen molar-refractivity contribution in [3.8, 4) is 5.75 Å². The van der Waals surface area contributed by atoms with E-state index in [2.05, 4.69) is 5.32 Å². The van der Waals surface area contributed by atoms with Crippen molar-refractivity contribution in [2.45, 2.75) is 6.92 Å². The maximum Gasteiger partial charge on any atom is 0.282 e. The molecule has 1 aromatic rings. The van der Waals surface area contributed by atoms with Gasteiger partial charge in [0.15, 0.2) is 0 Å². The van der Waals surface area contributed by atoms with Gasteiger partial charge < -0.3 is 19.9 Å². The molecule has 0 unspecified atom stereocenters. The highest BCUT2D eigenvalue weighted by atomic mass is 32.2. The van der Waals surface area contributed by atoms with Crippen molar-refractivity contribution < 1.29 is 19.1 Å². The number of likely N-dealkylation sites (N-methyl/N-ethyl adjacent to an activating group) is 1. The van der Waals surface area contributed by atoms with E-state index in [0.29, 0.717) is 30.3 Å². The Labute approximate surface area is 145 Å². The second-order valence-electron chi connectivity index (χ2n) is 5.22. The number of anilines is 1. The zero-order chi connectivity index (χ0) is 17.5. The van der Waals surface area contributed by atoms with E-state index >= 15 is 0 Å². The molecule has 1 saturated heterocycles. The van der Waals surface area contributed by atoms with E-state index in [-0.39, 0.29) is 30.1 Å². The van der Waals surface area contributed by atoms with Gasteiger partial charge in [0.1, 0.15) is 12.3 Å². The van der Waals surface area contributed by atoms with E-state index in [1.807, 2.05) is 0 Å². The quantitative estimate of drug-likeness (QED) is 0.808. The number of benzene rings is 1. The number of nitrogens with zero attached hydrogens (tertiary/aromatic N) is 2. The summed E-state index contributed by atoms with van der Waals surface area (Å²) in [7, 11) is 1.57. The van der Waals surface area contributed by atoms with Gasteiger partial charge in [0.05, 0.1) is 13.7 Å². The van der Waals surface area contributed by atoms with Crippen LogP contribution in [0.5, 0.6) is 5.75 Å². The van der Waals surface area contributed by atoms with Gasteiger partial charge in [0, 0.05) is 24.5 Å². The first kappa shape index (κ1) is 18.1. The van der Waals surface area contributed by atoms with Crippen LogP contribution in [0.1, 0.15) is 6.92 Å². The molecule has 1 fully saturated rings. The lowest BCUT2D eigenvalue weighted by Gasteiger charge is -2.23. The summed E-state index contributed by atoms with van der Waals surface area (Å²) in [6.45, 7) is 2.76. The van der Waals surface area contributed by atoms with E-state index in [0.717, 1.165) is 0 Å². The average molecular weight is 351 g/mol. The molecular weight excluding hydrogens is 330 g/mol. The molecule has 7 nitrogen and oxygen atoms in total. The van der Waals surface area contributed by atoms with Crippen LogP contribution >= 0.6 is 11.8 Å². The van der Waals surface area contributed by atoms with E-state index in [4.69, 9.17) is 4.74 Å². The Morgan fingerprint density at radius 3 is 2.58 bits per heavy atom. The summed E-state index contributed by atoms with van der Waals surface area (Å²) in [4.78, 5) is 38.9. The molecule has 24 heavy (non-hydrogen) atoms. The number of hydrogen-bond donors (Lipinski definition) is 1. The van der Waals surface area contributed by atoms with Crippen molar-refractivity contribution >= 4 is 34.5 Å². The van der Waals surface area contributed by atoms with Crippen LogP contribution in [0.15, 0.2) is 24.3 Å². The summed E-state index contributed by atoms with van der Waals surface area (Å²) in [5, 5.41) is 2.66. The number of nitrogens with one attached hydrogen (secondary N) is 1. The van der Waals surface area contributed by atoms with Gasteiger partial charge in [-0.05, 0) is 31.2 Å². The molecule has 0 spiro atoms. The highest BCUT2D eigenvalue weighted by molar-refractivity contribution is 8.13. The fraction of sp³-hybridized carbons (Fsp3) is 0.438. The smallest absolute Gasteiger partial charge is 0.282 e. The van der Waals surface area contributed by atoms with E-state index in [9.17, 15) is 14.4 Å². The molecule has 0 aliphatic carbocycles. The van der Waals surface area contributed by atoms with Crippen molar-refractivity contribution in [3.63, 3.8) is 0 Å². The Morgan fingerprint density at radius 1 is 1.33 bits per heavy atom. The van der Waals surface area contributed by atoms with Crippen molar-refractivity contribution in [2.24, 2.45) is 0 Å². The Morgan fingerprint density at radius 2 is 2.04 bits per heavy atom. The summed E-state index contributed by atoms with van der Waals surface area (Å²) in [6.07, 6.45) is 0. The standard InChI is InChI=1S/C16H21N3O4S/c1-3-18(15(21)11-19-8-9-24-16(19)22)10-14(20)17-12-4-6-13(23-2)7-5-12/h4-7H,3,8-11H2,1-2H3,(H,17,20). The van der Waals surface area contributed by atoms with Gasteiger partial charge in [0.25, 0.3) is 5.24 Å². The van der Waals surface area contributed by atoms with Crippen LogP contribution in [0, 0.1) is 0 Å². The fourth-order valence-corrected chi connectivity index (χ4v) is 3.08. The van der Waals surface area contributed by atoms with Gasteiger partial charge in [-0.15, -0.1) is 0 Å². The first-order valence-electron chi connectivity index (χ1n) is 7.67. The molecule has 130 valence electrons. The minimum Gasteiger partial charge on any atom is -0.497 e. The minimum atomic E-state index is -0.280. The van der Waals surface area contributed by atoms with E-state index in [1.165, 1.54) is 21.6 Å². The number of ether oxygens (including phenoxy) is 1. The third-order valence-electron chi connectivity index (χ3n) is 3.61. The molecule has 8 heteroatoms. The minimum absolute atomic E-state index is 0.0233. The molecule has 0 saturated carbocycles. The lowest BCUT2D eigenvalue weighted by molar-refractivity contribution is -0.134. The third-order valence-corrected chi connectivity index (χ3v) is 4.51. The van der Waals surface area contributed by atoms with E-state index < -0.39 is 0 Å². The van der Waals surface area contributed by atoms with Crippen LogP contribution in [0.4, 0.5) is 10.5 Å². The summed E-state index contributed by atoms with van der Waals surface area (Å²) >= 11 is 1.21. The lowest BCUT2D eigenvalue weighted by Crippen LogP contribution is -2.43. The van der Waals surface area contributed by atoms with Gasteiger partial charge in [-0.3, -0.25) is 14.4 Å². The van der Waals surface area contributed by atoms with Crippen LogP contribution in [0.3, 0.4) is 0 Å². The van der Waals surface area contributed by atoms with Gasteiger partial charge in [-0.25, -0.2) is 0 Å². The van der Waals surface area contributed by atoms with Gasteiger partial charge in [0.2, 0.25) is 11.8 Å². The summed E-state index contributed by atoms with van der Waals surface area (Å²) in [5.41, 5.74) is 0.635. The van der Waals surface area contributed by atoms with Crippen molar-refractivity contribution in [3.05, 3.63) is 24.3 Å². The zero-order valence-electron chi connectivity index (χ0n) is 13.8. The highest BCUT2D eigenvalue weighted by Crippen LogP contribution is 2.17. The zero-order valence-corrected chi connectivity index (χ0v) is 14.6. The molecule has 0 radical (unpaired) electrons. The molecule has 0 aromatic heterocycles. The van der Waals surface area contributed by atoms with Crippen LogP contribution in [-0.2, 0) is 9.59 Å². The molecule has 3 amide bonds. The maximum atomic E-state index is 12.3. The first-order chi connectivity index (χ1) is 11.5. The van der Waals surface area contributed by atoms with Crippen LogP contribution < -0.4 is 10.1 Å². The predicted octanol–water partition coefficient (Wildman–Crippen LogP) is 1.65. The number of hydrogen-bond acceptors (Lipinski definition) is 5. The number of thioether (sulfide) groups is 1. The van der Waals surface area contributed by atoms with Crippen LogP contribution in [0.2, 0.25) is 0 Å². The van der Waals surface area contributed by atoms with Gasteiger partial charge in [-0.1, -0.05) is 11.8 Å². The van der Waals surface area contributed by atoms with Crippen molar-refractivity contribution in [1.29, 1.82) is 0 Å². The molecule has 1 N–H and O–H groups in total. The number of rotatable bonds is 7. The predicted molar refractivity (Wildman–Crippen MR) is 93.3 cm³/mol. The topological polar surface area (TPSA) is 79.0 Å². The monoisotopic (exact) mass is 351 g/mol. The van der Waals surface area contributed by atoms with Gasteiger partial charge >= 0.3 is 0 Å². The summed E-state index contributed by atoms with van der Waals surface area (Å²) in [6, 6.07) is 6.95. The van der Waals surface area contributed by atoms with Crippen molar-refractivity contribution in [1.82, 2.24) is 9.80 Å². The molecular formula is C16H21N3O4S. The van der Waals surface area contributed by atoms with Crippen LogP contribution in [0.25, 0.3) is 0 Å². The largest absolute Gasteiger partial charge is 0.497 e. The molecule has 0 bridgehead atoms. The lowest BCUT2D eigenvalue weighted by atomic mass is 10.3. The number of amides is 3. The summed E-state index contributed by atoms with van der Waals surface area (Å²) < 4.78 is 5.06. The number of methoxy groups -OCH3 is 1. The number of carbonyl (C=O) groups is 3. The number of carbonyl (C=O) groups excluding carboxylic acids is 3. The molecule has 1 aliphatic heterocycles. The Bertz CT molecular complexity index is 606. The molecule has 0 atom stereocenters. The highest BCUT2D eigenvalue weighted by Gasteiger charge is 2.25.